The van der Waals surface area contributed by atoms with Gasteiger partial charge in [0, 0.05) is 32.4 Å². The van der Waals surface area contributed by atoms with Gasteiger partial charge in [0.25, 0.3) is 0 Å². The first-order valence-electron chi connectivity index (χ1n) is 10.9. The van der Waals surface area contributed by atoms with Crippen molar-refractivity contribution in [2.75, 3.05) is 13.2 Å². The van der Waals surface area contributed by atoms with Crippen LogP contribution >= 0.6 is 11.3 Å². The van der Waals surface area contributed by atoms with Crippen LogP contribution in [-0.4, -0.2) is 68.8 Å². The van der Waals surface area contributed by atoms with Crippen molar-refractivity contribution >= 4 is 29.1 Å². The van der Waals surface area contributed by atoms with Crippen molar-refractivity contribution in [3.8, 4) is 10.4 Å². The number of nitrogens with one attached hydrogen (secondary N) is 1. The van der Waals surface area contributed by atoms with E-state index in [1.54, 1.807) is 11.3 Å². The molecule has 10 heteroatoms. The van der Waals surface area contributed by atoms with E-state index in [1.165, 1.54) is 4.90 Å². The quantitative estimate of drug-likeness (QED) is 0.580. The number of aliphatic hydroxyl groups is 1. The average molecular weight is 472 g/mol. The van der Waals surface area contributed by atoms with E-state index >= 15 is 0 Å². The molecule has 2 atom stereocenters. The molecule has 174 valence electrons. The predicted molar refractivity (Wildman–Crippen MR) is 118 cm³/mol. The monoisotopic (exact) mass is 471 g/mol. The van der Waals surface area contributed by atoms with Crippen LogP contribution in [0, 0.1) is 12.3 Å². The lowest BCUT2D eigenvalue weighted by Crippen LogP contribution is -2.59. The molecule has 0 radical (unpaired) electrons. The first-order valence-corrected chi connectivity index (χ1v) is 11.7. The van der Waals surface area contributed by atoms with Crippen LogP contribution in [0.3, 0.4) is 0 Å². The van der Waals surface area contributed by atoms with E-state index in [2.05, 4.69) is 10.3 Å². The number of carboxylic acid groups (broad SMARTS) is 1. The van der Waals surface area contributed by atoms with E-state index in [0.717, 1.165) is 21.7 Å². The molecule has 6 rings (SSSR count). The van der Waals surface area contributed by atoms with Crippen molar-refractivity contribution in [1.82, 2.24) is 15.2 Å². The van der Waals surface area contributed by atoms with Crippen LogP contribution in [0.2, 0.25) is 0 Å². The number of carbonyl (C=O) groups excluding carboxylic acids is 2. The molecule has 33 heavy (non-hydrogen) atoms. The highest BCUT2D eigenvalue weighted by Crippen LogP contribution is 2.59. The Kier molecular flexibility index (Phi) is 5.26. The Balaban J connectivity index is 1.22. The van der Waals surface area contributed by atoms with Crippen molar-refractivity contribution in [2.45, 2.75) is 50.5 Å². The molecule has 1 aromatic heterocycles. The first-order chi connectivity index (χ1) is 15.7. The van der Waals surface area contributed by atoms with E-state index in [4.69, 9.17) is 4.74 Å². The fraction of sp³-hybridized carbons (Fsp3) is 0.478. The number of ether oxygens (including phenoxy) is 1. The van der Waals surface area contributed by atoms with Gasteiger partial charge in [-0.25, -0.2) is 9.78 Å². The third kappa shape index (κ3) is 3.62. The molecule has 3 aliphatic heterocycles. The van der Waals surface area contributed by atoms with Gasteiger partial charge in [0.1, 0.15) is 6.04 Å². The average Bonchev–Trinajstić information content (AvgIpc) is 3.54. The van der Waals surface area contributed by atoms with E-state index < -0.39 is 29.1 Å². The van der Waals surface area contributed by atoms with Gasteiger partial charge in [-0.15, -0.1) is 11.3 Å². The van der Waals surface area contributed by atoms with E-state index in [0.29, 0.717) is 6.54 Å². The van der Waals surface area contributed by atoms with Gasteiger partial charge < -0.3 is 25.2 Å². The van der Waals surface area contributed by atoms with Crippen molar-refractivity contribution in [3.05, 3.63) is 41.0 Å². The number of amides is 2. The largest absolute Gasteiger partial charge is 0.479 e. The Morgan fingerprint density at radius 3 is 2.61 bits per heavy atom. The number of aromatic nitrogens is 1. The molecule has 3 saturated heterocycles. The first kappa shape index (κ1) is 22.0. The van der Waals surface area contributed by atoms with Gasteiger partial charge in [-0.05, 0) is 18.1 Å². The molecule has 4 fully saturated rings. The van der Waals surface area contributed by atoms with Crippen LogP contribution < -0.4 is 5.32 Å². The zero-order chi connectivity index (χ0) is 23.4. The highest BCUT2D eigenvalue weighted by atomic mass is 32.1. The molecule has 0 spiro atoms. The number of hydrogen-bond donors (Lipinski definition) is 3. The Hall–Kier alpha value is -2.82. The molecule has 2 bridgehead atoms. The number of aryl methyl sites for hydroxylation is 1. The van der Waals surface area contributed by atoms with Gasteiger partial charge in [-0.2, -0.15) is 0 Å². The maximum absolute atomic E-state index is 13.2. The second kappa shape index (κ2) is 7.89. The number of fused-ring (bicyclic) bond motifs is 1. The van der Waals surface area contributed by atoms with Crippen LogP contribution in [-0.2, 0) is 25.7 Å². The minimum Gasteiger partial charge on any atom is -0.479 e. The number of aliphatic carboxylic acids is 1. The molecule has 1 saturated carbocycles. The Labute approximate surface area is 194 Å². The van der Waals surface area contributed by atoms with Gasteiger partial charge in [0.15, 0.2) is 5.60 Å². The molecule has 9 nitrogen and oxygen atoms in total. The van der Waals surface area contributed by atoms with Crippen molar-refractivity contribution in [3.63, 3.8) is 0 Å². The van der Waals surface area contributed by atoms with Crippen molar-refractivity contribution in [2.24, 2.45) is 5.41 Å². The summed E-state index contributed by atoms with van der Waals surface area (Å²) in [6.07, 6.45) is -0.418. The minimum absolute atomic E-state index is 0.0324. The Morgan fingerprint density at radius 2 is 2.00 bits per heavy atom. The molecule has 4 heterocycles. The number of hydrogen-bond acceptors (Lipinski definition) is 7. The van der Waals surface area contributed by atoms with Crippen LogP contribution in [0.4, 0.5) is 0 Å². The fourth-order valence-corrected chi connectivity index (χ4v) is 6.01. The lowest BCUT2D eigenvalue weighted by Gasteiger charge is -2.43. The molecule has 1 aliphatic carbocycles. The highest BCUT2D eigenvalue weighted by Gasteiger charge is 2.71. The number of nitrogens with zero attached hydrogens (tertiary/aromatic N) is 2. The highest BCUT2D eigenvalue weighted by molar-refractivity contribution is 7.13. The molecule has 2 aromatic rings. The van der Waals surface area contributed by atoms with Gasteiger partial charge in [0.05, 0.1) is 34.2 Å². The molecule has 1 aromatic carbocycles. The summed E-state index contributed by atoms with van der Waals surface area (Å²) in [5.41, 5.74) is 2.58. The van der Waals surface area contributed by atoms with E-state index in [-0.39, 0.29) is 44.2 Å². The summed E-state index contributed by atoms with van der Waals surface area (Å²) in [7, 11) is 0. The number of carbonyl (C=O) groups is 3. The topological polar surface area (TPSA) is 129 Å². The number of β-amino-alcohol motifs (C(OH)–C–C–N with tert-alkyl or cyclic N) is 1. The third-order valence-corrected chi connectivity index (χ3v) is 7.96. The number of benzene rings is 1. The molecular weight excluding hydrogens is 446 g/mol. The number of likely N-dealkylation sites (tertiary alicyclic amines) is 1. The molecule has 0 unspecified atom stereocenters. The summed E-state index contributed by atoms with van der Waals surface area (Å²) >= 11 is 1.58. The van der Waals surface area contributed by atoms with Crippen molar-refractivity contribution in [1.29, 1.82) is 0 Å². The second-order valence-corrected chi connectivity index (χ2v) is 10.1. The summed E-state index contributed by atoms with van der Waals surface area (Å²) in [5, 5.41) is 22.4. The summed E-state index contributed by atoms with van der Waals surface area (Å²) in [6.45, 7) is 2.35. The van der Waals surface area contributed by atoms with Gasteiger partial charge in [-0.1, -0.05) is 24.3 Å². The SMILES string of the molecule is Cc1ncsc1-c1ccc(CNC(=O)[C@@H]2C[C@@H](O)CN2C(=O)C23COC(C(=O)O)(C2)C3)cc1. The molecule has 3 N–H and O–H groups in total. The van der Waals surface area contributed by atoms with Gasteiger partial charge in [0.2, 0.25) is 11.8 Å². The van der Waals surface area contributed by atoms with Crippen LogP contribution in [0.5, 0.6) is 0 Å². The second-order valence-electron chi connectivity index (χ2n) is 9.27. The number of carboxylic acids is 1. The summed E-state index contributed by atoms with van der Waals surface area (Å²) in [5.74, 6) is -1.70. The standard InChI is InChI=1S/C23H25N3O6S/c1-13-18(33-12-25-13)15-4-2-14(3-5-15)7-24-19(28)17-6-16(27)8-26(17)20(29)22-9-23(10-22,21(30)31)32-11-22/h2-5,12,16-17,27H,6-11H2,1H3,(H,24,28)(H,30,31)/t16-,17+,22?,23?/m1/s1. The lowest BCUT2D eigenvalue weighted by atomic mass is 9.61. The van der Waals surface area contributed by atoms with Crippen molar-refractivity contribution < 1.29 is 29.3 Å². The number of aliphatic hydroxyl groups excluding tert-OH is 1. The summed E-state index contributed by atoms with van der Waals surface area (Å²) < 4.78 is 5.42. The maximum Gasteiger partial charge on any atom is 0.336 e. The Morgan fingerprint density at radius 1 is 1.27 bits per heavy atom. The number of thiazole rings is 1. The number of rotatable bonds is 6. The fourth-order valence-electron chi connectivity index (χ4n) is 5.20. The van der Waals surface area contributed by atoms with Crippen LogP contribution in [0.1, 0.15) is 30.5 Å². The summed E-state index contributed by atoms with van der Waals surface area (Å²) in [6, 6.07) is 7.07. The van der Waals surface area contributed by atoms with E-state index in [9.17, 15) is 24.6 Å². The lowest BCUT2D eigenvalue weighted by molar-refractivity contribution is -0.168. The smallest absolute Gasteiger partial charge is 0.336 e. The maximum atomic E-state index is 13.2. The molecule has 2 amide bonds. The third-order valence-electron chi connectivity index (χ3n) is 6.99. The zero-order valence-corrected chi connectivity index (χ0v) is 18.9. The Bertz CT molecular complexity index is 1110. The van der Waals surface area contributed by atoms with E-state index in [1.807, 2.05) is 36.7 Å². The zero-order valence-electron chi connectivity index (χ0n) is 18.1. The summed E-state index contributed by atoms with van der Waals surface area (Å²) in [4.78, 5) is 44.4. The van der Waals surface area contributed by atoms with Gasteiger partial charge >= 0.3 is 5.97 Å². The normalized spacial score (nSPS) is 30.2. The minimum atomic E-state index is -1.28. The molecular formula is C23H25N3O6S. The molecule has 4 aliphatic rings. The van der Waals surface area contributed by atoms with Gasteiger partial charge in [-0.3, -0.25) is 9.59 Å². The predicted octanol–water partition coefficient (Wildman–Crippen LogP) is 1.33. The van der Waals surface area contributed by atoms with Crippen LogP contribution in [0.15, 0.2) is 29.8 Å². The van der Waals surface area contributed by atoms with Crippen LogP contribution in [0.25, 0.3) is 10.4 Å².